The average Bonchev–Trinajstić information content (AvgIpc) is 3.52. The maximum atomic E-state index is 13.6. The lowest BCUT2D eigenvalue weighted by atomic mass is 9.46. The van der Waals surface area contributed by atoms with Crippen molar-refractivity contribution in [1.29, 1.82) is 0 Å². The van der Waals surface area contributed by atoms with Crippen LogP contribution < -0.4 is 14.6 Å². The van der Waals surface area contributed by atoms with Crippen molar-refractivity contribution in [2.45, 2.75) is 78.2 Å². The molecule has 1 aromatic heterocycles. The van der Waals surface area contributed by atoms with Crippen LogP contribution >= 0.6 is 0 Å². The molecule has 0 radical (unpaired) electrons. The fraction of sp³-hybridized carbons (Fsp3) is 0.457. The van der Waals surface area contributed by atoms with Crippen molar-refractivity contribution >= 4 is 45.2 Å². The molecule has 4 aromatic rings. The molecule has 0 aliphatic heterocycles. The number of hydrogen-bond acceptors (Lipinski definition) is 6. The summed E-state index contributed by atoms with van der Waals surface area (Å²) in [5.41, 5.74) is 4.42. The van der Waals surface area contributed by atoms with Crippen LogP contribution in [0.1, 0.15) is 81.6 Å². The van der Waals surface area contributed by atoms with E-state index in [0.717, 1.165) is 65.9 Å². The number of esters is 1. The third-order valence-corrected chi connectivity index (χ3v) is 13.9. The standard InChI is InChI=1S/C46H50N2O6/c1-28(49)36-19-20-37-33-18-15-30-25-31(50)21-23-45(30,2)43(33)40(26-46(36,37)3)53-27-41(51)47-24-22-29-13-16-32(17-14-29)54-44(52)42-34-9-5-7-11-38(34)48(4)39-12-8-6-10-35(39)42/h5-14,16-17,25,33,36-37,40,43H,15,18-24,26-27H2,1-4H3/p+1. The van der Waals surface area contributed by atoms with E-state index in [9.17, 15) is 19.2 Å². The number of Topliss-reactive ketones (excluding diaryl/α,β-unsaturated/α-hetero) is 1. The highest BCUT2D eigenvalue weighted by Crippen LogP contribution is 2.67. The van der Waals surface area contributed by atoms with Crippen molar-refractivity contribution in [1.82, 2.24) is 5.32 Å². The monoisotopic (exact) mass is 727 g/mol. The summed E-state index contributed by atoms with van der Waals surface area (Å²) in [5.74, 6) is 1.48. The number of aromatic nitrogens is 1. The molecule has 1 amide bonds. The molecule has 0 saturated heterocycles. The van der Waals surface area contributed by atoms with Gasteiger partial charge in [0.05, 0.1) is 22.4 Å². The van der Waals surface area contributed by atoms with Crippen LogP contribution in [0.25, 0.3) is 21.8 Å². The first-order chi connectivity index (χ1) is 26.0. The lowest BCUT2D eigenvalue weighted by Gasteiger charge is -2.60. The third-order valence-electron chi connectivity index (χ3n) is 13.9. The Balaban J connectivity index is 0.903. The van der Waals surface area contributed by atoms with Gasteiger partial charge in [-0.3, -0.25) is 14.4 Å². The predicted octanol–water partition coefficient (Wildman–Crippen LogP) is 7.43. The lowest BCUT2D eigenvalue weighted by Crippen LogP contribution is -2.58. The zero-order valence-electron chi connectivity index (χ0n) is 31.9. The number of hydrogen-bond donors (Lipinski definition) is 1. The summed E-state index contributed by atoms with van der Waals surface area (Å²) >= 11 is 0. The van der Waals surface area contributed by atoms with Gasteiger partial charge in [0.15, 0.2) is 5.78 Å². The van der Waals surface area contributed by atoms with Crippen LogP contribution in [0.5, 0.6) is 5.75 Å². The Kier molecular flexibility index (Phi) is 9.53. The largest absolute Gasteiger partial charge is 0.423 e. The van der Waals surface area contributed by atoms with Gasteiger partial charge >= 0.3 is 5.97 Å². The van der Waals surface area contributed by atoms with Gasteiger partial charge in [-0.15, -0.1) is 0 Å². The van der Waals surface area contributed by atoms with E-state index in [0.29, 0.717) is 42.5 Å². The molecule has 7 atom stereocenters. The minimum atomic E-state index is -0.409. The van der Waals surface area contributed by atoms with Crippen LogP contribution in [0.15, 0.2) is 84.4 Å². The highest BCUT2D eigenvalue weighted by Gasteiger charge is 2.63. The predicted molar refractivity (Wildman–Crippen MR) is 207 cm³/mol. The van der Waals surface area contributed by atoms with Crippen LogP contribution in [0, 0.1) is 34.5 Å². The molecule has 3 fully saturated rings. The number of para-hydroxylation sites is 2. The van der Waals surface area contributed by atoms with E-state index in [1.165, 1.54) is 5.57 Å². The zero-order chi connectivity index (χ0) is 37.8. The Morgan fingerprint density at radius 3 is 2.26 bits per heavy atom. The molecule has 8 heteroatoms. The SMILES string of the molecule is CC(=O)C1CCC2C3CCC4=CC(=O)CCC4(C)C3C(OCC(=O)NCCc3ccc(OC(=O)c4c5ccccc5[n+](C)c5ccccc45)cc3)CC12C. The minimum Gasteiger partial charge on any atom is -0.423 e. The second-order valence-corrected chi connectivity index (χ2v) is 16.8. The van der Waals surface area contributed by atoms with Gasteiger partial charge in [-0.2, -0.15) is 4.57 Å². The molecule has 0 spiro atoms. The van der Waals surface area contributed by atoms with Crippen LogP contribution in [0.2, 0.25) is 0 Å². The van der Waals surface area contributed by atoms with E-state index in [2.05, 4.69) is 23.7 Å². The van der Waals surface area contributed by atoms with Crippen LogP contribution in [0.3, 0.4) is 0 Å². The molecule has 0 bridgehead atoms. The quantitative estimate of drug-likeness (QED) is 0.0834. The van der Waals surface area contributed by atoms with Crippen LogP contribution in [-0.2, 0) is 32.6 Å². The first kappa shape index (κ1) is 36.3. The average molecular weight is 728 g/mol. The van der Waals surface area contributed by atoms with Gasteiger partial charge in [-0.25, -0.2) is 4.79 Å². The number of pyridine rings is 1. The molecule has 3 saturated carbocycles. The Morgan fingerprint density at radius 1 is 0.889 bits per heavy atom. The third kappa shape index (κ3) is 6.26. The topological polar surface area (TPSA) is 103 Å². The molecule has 3 aromatic carbocycles. The number of nitrogens with one attached hydrogen (secondary N) is 1. The molecular formula is C46H51N2O6+. The minimum absolute atomic E-state index is 0.0254. The van der Waals surface area contributed by atoms with Crippen molar-refractivity contribution in [3.05, 3.63) is 95.6 Å². The first-order valence-corrected chi connectivity index (χ1v) is 19.7. The second kappa shape index (κ2) is 14.2. The lowest BCUT2D eigenvalue weighted by molar-refractivity contribution is -0.617. The number of benzene rings is 3. The van der Waals surface area contributed by atoms with Crippen molar-refractivity contribution in [3.8, 4) is 5.75 Å². The summed E-state index contributed by atoms with van der Waals surface area (Å²) in [6, 6.07) is 23.1. The number of rotatable bonds is 9. The number of nitrogens with zero attached hydrogens (tertiary/aromatic N) is 1. The zero-order valence-corrected chi connectivity index (χ0v) is 31.9. The summed E-state index contributed by atoms with van der Waals surface area (Å²) in [6.07, 6.45) is 8.41. The van der Waals surface area contributed by atoms with Gasteiger partial charge in [0, 0.05) is 31.0 Å². The maximum Gasteiger partial charge on any atom is 0.345 e. The number of amides is 1. The van der Waals surface area contributed by atoms with Gasteiger partial charge in [-0.05, 0) is 116 Å². The molecule has 280 valence electrons. The number of ketones is 2. The molecule has 4 aliphatic rings. The number of fused-ring (bicyclic) bond motifs is 7. The Bertz CT molecular complexity index is 2130. The summed E-state index contributed by atoms with van der Waals surface area (Å²) in [7, 11) is 2.00. The molecule has 1 N–H and O–H groups in total. The number of carbonyl (C=O) groups is 4. The number of aryl methyl sites for hydroxylation is 1. The van der Waals surface area contributed by atoms with Crippen molar-refractivity contribution < 1.29 is 33.2 Å². The highest BCUT2D eigenvalue weighted by atomic mass is 16.5. The summed E-state index contributed by atoms with van der Waals surface area (Å²) in [5, 5.41) is 4.71. The molecule has 4 aliphatic carbocycles. The van der Waals surface area contributed by atoms with Gasteiger partial charge in [-0.1, -0.05) is 55.8 Å². The van der Waals surface area contributed by atoms with E-state index < -0.39 is 5.97 Å². The van der Waals surface area contributed by atoms with Crippen molar-refractivity contribution in [2.75, 3.05) is 13.2 Å². The number of allylic oxidation sites excluding steroid dienone is 1. The summed E-state index contributed by atoms with van der Waals surface area (Å²) in [6.45, 7) is 6.74. The van der Waals surface area contributed by atoms with Crippen molar-refractivity contribution in [3.63, 3.8) is 0 Å². The van der Waals surface area contributed by atoms with Crippen LogP contribution in [-0.4, -0.2) is 42.7 Å². The Hall–Kier alpha value is -4.69. The maximum absolute atomic E-state index is 13.6. The summed E-state index contributed by atoms with van der Waals surface area (Å²) < 4.78 is 14.6. The smallest absolute Gasteiger partial charge is 0.345 e. The fourth-order valence-electron chi connectivity index (χ4n) is 11.4. The number of carbonyl (C=O) groups excluding carboxylic acids is 4. The van der Waals surface area contributed by atoms with Gasteiger partial charge in [0.2, 0.25) is 16.9 Å². The van der Waals surface area contributed by atoms with E-state index >= 15 is 0 Å². The van der Waals surface area contributed by atoms with Crippen molar-refractivity contribution in [2.24, 2.45) is 41.5 Å². The van der Waals surface area contributed by atoms with E-state index in [1.54, 1.807) is 19.1 Å². The second-order valence-electron chi connectivity index (χ2n) is 16.8. The van der Waals surface area contributed by atoms with Gasteiger partial charge < -0.3 is 14.8 Å². The van der Waals surface area contributed by atoms with Gasteiger partial charge in [0.1, 0.15) is 25.2 Å². The molecule has 54 heavy (non-hydrogen) atoms. The Labute approximate surface area is 317 Å². The Morgan fingerprint density at radius 2 is 1.57 bits per heavy atom. The molecule has 8 rings (SSSR count). The van der Waals surface area contributed by atoms with E-state index in [-0.39, 0.29) is 52.9 Å². The fourth-order valence-corrected chi connectivity index (χ4v) is 11.4. The normalized spacial score (nSPS) is 28.9. The molecular weight excluding hydrogens is 677 g/mol. The van der Waals surface area contributed by atoms with E-state index in [4.69, 9.17) is 9.47 Å². The molecule has 8 nitrogen and oxygen atoms in total. The first-order valence-electron chi connectivity index (χ1n) is 19.7. The molecule has 1 heterocycles. The number of ether oxygens (including phenoxy) is 2. The highest BCUT2D eigenvalue weighted by molar-refractivity contribution is 6.13. The van der Waals surface area contributed by atoms with E-state index in [1.807, 2.05) is 73.8 Å². The van der Waals surface area contributed by atoms with Gasteiger partial charge in [0.25, 0.3) is 0 Å². The van der Waals surface area contributed by atoms with Crippen LogP contribution in [0.4, 0.5) is 0 Å². The molecule has 7 unspecified atom stereocenters. The summed E-state index contributed by atoms with van der Waals surface area (Å²) in [4.78, 5) is 52.2.